The molecule has 34 heavy (non-hydrogen) atoms. The Balaban J connectivity index is 1.75. The first-order chi connectivity index (χ1) is 16.2. The standard InChI is InChI=1S/C22H9Cl4N3O4S/c23-16-14-15(17(24)19(26)18(16)25)21(31)28(20(14)30)22-11(7-27)13-10-6-9(29(32)33)5-4-8(10)2-1-3-12(13)34-22/h4-6H,1-3H2. The first-order valence-electron chi connectivity index (χ1n) is 9.75. The summed E-state index contributed by atoms with van der Waals surface area (Å²) in [5.41, 5.74) is 1.46. The number of halogens is 4. The summed E-state index contributed by atoms with van der Waals surface area (Å²) in [6, 6.07) is 6.61. The molecule has 2 aromatic carbocycles. The first kappa shape index (κ1) is 23.1. The molecule has 0 bridgehead atoms. The van der Waals surface area contributed by atoms with E-state index >= 15 is 0 Å². The van der Waals surface area contributed by atoms with Gasteiger partial charge in [-0.05, 0) is 30.4 Å². The maximum atomic E-state index is 13.4. The van der Waals surface area contributed by atoms with Crippen LogP contribution in [0.25, 0.3) is 11.1 Å². The van der Waals surface area contributed by atoms with Gasteiger partial charge in [-0.2, -0.15) is 5.26 Å². The lowest BCUT2D eigenvalue weighted by atomic mass is 9.96. The predicted octanol–water partition coefficient (Wildman–Crippen LogP) is 7.10. The largest absolute Gasteiger partial charge is 0.270 e. The summed E-state index contributed by atoms with van der Waals surface area (Å²) in [7, 11) is 0. The average Bonchev–Trinajstić information content (AvgIpc) is 3.22. The number of carbonyl (C=O) groups excluding carboxylic acids is 2. The van der Waals surface area contributed by atoms with E-state index in [0.29, 0.717) is 24.0 Å². The first-order valence-corrected chi connectivity index (χ1v) is 12.1. The number of thiophene rings is 1. The summed E-state index contributed by atoms with van der Waals surface area (Å²) in [6.45, 7) is 0. The third-order valence-corrected chi connectivity index (χ3v) is 8.84. The summed E-state index contributed by atoms with van der Waals surface area (Å²) in [5.74, 6) is -1.56. The van der Waals surface area contributed by atoms with E-state index in [1.807, 2.05) is 0 Å². The van der Waals surface area contributed by atoms with Gasteiger partial charge in [0.25, 0.3) is 17.5 Å². The Morgan fingerprint density at radius 1 is 0.971 bits per heavy atom. The van der Waals surface area contributed by atoms with Crippen molar-refractivity contribution in [1.82, 2.24) is 0 Å². The van der Waals surface area contributed by atoms with Crippen LogP contribution in [-0.2, 0) is 12.8 Å². The summed E-state index contributed by atoms with van der Waals surface area (Å²) in [5, 5.41) is 20.8. The molecule has 3 aromatic rings. The van der Waals surface area contributed by atoms with Gasteiger partial charge in [-0.25, -0.2) is 4.90 Å². The van der Waals surface area contributed by atoms with E-state index in [1.165, 1.54) is 12.1 Å². The molecule has 1 aromatic heterocycles. The molecule has 5 rings (SSSR count). The molecule has 2 aliphatic rings. The number of nitro groups is 1. The number of hydrogen-bond donors (Lipinski definition) is 0. The molecule has 0 saturated heterocycles. The third-order valence-electron chi connectivity index (χ3n) is 5.80. The van der Waals surface area contributed by atoms with E-state index in [-0.39, 0.29) is 47.5 Å². The van der Waals surface area contributed by atoms with Crippen LogP contribution >= 0.6 is 57.7 Å². The Hall–Kier alpha value is -2.67. The van der Waals surface area contributed by atoms with Crippen LogP contribution in [0.2, 0.25) is 20.1 Å². The fraction of sp³-hybridized carbons (Fsp3) is 0.136. The van der Waals surface area contributed by atoms with E-state index in [1.54, 1.807) is 6.07 Å². The SMILES string of the molecule is N#Cc1c(N2C(=O)c3c(Cl)c(Cl)c(Cl)c(Cl)c3C2=O)sc2c1-c1cc([N+](=O)[O-])ccc1CCC2. The molecule has 2 amide bonds. The lowest BCUT2D eigenvalue weighted by molar-refractivity contribution is -0.384. The number of fused-ring (bicyclic) bond motifs is 4. The fourth-order valence-corrected chi connectivity index (χ4v) is 6.60. The van der Waals surface area contributed by atoms with E-state index in [4.69, 9.17) is 46.4 Å². The summed E-state index contributed by atoms with van der Waals surface area (Å²) >= 11 is 25.8. The van der Waals surface area contributed by atoms with Crippen molar-refractivity contribution in [1.29, 1.82) is 5.26 Å². The van der Waals surface area contributed by atoms with E-state index in [9.17, 15) is 25.0 Å². The average molecular weight is 553 g/mol. The molecule has 0 N–H and O–H groups in total. The minimum absolute atomic E-state index is 0.0718. The molecule has 7 nitrogen and oxygen atoms in total. The number of anilines is 1. The lowest BCUT2D eigenvalue weighted by Crippen LogP contribution is -2.29. The highest BCUT2D eigenvalue weighted by molar-refractivity contribution is 7.17. The second-order valence-electron chi connectivity index (χ2n) is 7.60. The van der Waals surface area contributed by atoms with Crippen LogP contribution in [0.15, 0.2) is 18.2 Å². The Morgan fingerprint density at radius 3 is 2.15 bits per heavy atom. The Kier molecular flexibility index (Phi) is 5.58. The van der Waals surface area contributed by atoms with Gasteiger partial charge in [0.05, 0.1) is 41.7 Å². The fourth-order valence-electron chi connectivity index (χ4n) is 4.29. The number of imide groups is 1. The van der Waals surface area contributed by atoms with Gasteiger partial charge in [0.2, 0.25) is 0 Å². The zero-order valence-corrected chi connectivity index (χ0v) is 20.6. The van der Waals surface area contributed by atoms with Gasteiger partial charge in [0.1, 0.15) is 11.1 Å². The minimum atomic E-state index is -0.780. The Morgan fingerprint density at radius 2 is 1.59 bits per heavy atom. The van der Waals surface area contributed by atoms with E-state index in [2.05, 4.69) is 6.07 Å². The van der Waals surface area contributed by atoms with Crippen LogP contribution in [0, 0.1) is 21.4 Å². The molecule has 12 heteroatoms. The van der Waals surface area contributed by atoms with Crippen LogP contribution in [0.5, 0.6) is 0 Å². The number of nitriles is 1. The van der Waals surface area contributed by atoms with E-state index in [0.717, 1.165) is 33.1 Å². The third kappa shape index (κ3) is 3.16. The number of benzene rings is 2. The van der Waals surface area contributed by atoms with Crippen LogP contribution in [0.4, 0.5) is 10.7 Å². The van der Waals surface area contributed by atoms with Crippen LogP contribution in [0.3, 0.4) is 0 Å². The molecular weight excluding hydrogens is 544 g/mol. The summed E-state index contributed by atoms with van der Waals surface area (Å²) < 4.78 is 0. The predicted molar refractivity (Wildman–Crippen MR) is 131 cm³/mol. The molecule has 0 atom stereocenters. The number of rotatable bonds is 2. The van der Waals surface area contributed by atoms with Gasteiger partial charge in [-0.1, -0.05) is 52.5 Å². The van der Waals surface area contributed by atoms with Crippen molar-refractivity contribution in [3.05, 3.63) is 75.5 Å². The van der Waals surface area contributed by atoms with Crippen molar-refractivity contribution in [3.63, 3.8) is 0 Å². The number of aryl methyl sites for hydroxylation is 2. The monoisotopic (exact) mass is 551 g/mol. The number of nitrogens with zero attached hydrogens (tertiary/aromatic N) is 3. The van der Waals surface area contributed by atoms with Crippen molar-refractivity contribution in [3.8, 4) is 17.2 Å². The second-order valence-corrected chi connectivity index (χ2v) is 10.2. The molecule has 1 aliphatic carbocycles. The molecule has 170 valence electrons. The zero-order valence-electron chi connectivity index (χ0n) is 16.7. The highest BCUT2D eigenvalue weighted by atomic mass is 35.5. The molecule has 2 heterocycles. The smallest absolute Gasteiger partial charge is 0.268 e. The molecule has 0 spiro atoms. The number of hydrogen-bond acceptors (Lipinski definition) is 6. The number of non-ortho nitro benzene ring substituents is 1. The van der Waals surface area contributed by atoms with Crippen molar-refractivity contribution in [2.24, 2.45) is 0 Å². The Bertz CT molecular complexity index is 1480. The molecular formula is C22H9Cl4N3O4S. The minimum Gasteiger partial charge on any atom is -0.268 e. The highest BCUT2D eigenvalue weighted by Gasteiger charge is 2.45. The number of carbonyl (C=O) groups is 2. The van der Waals surface area contributed by atoms with Crippen molar-refractivity contribution >= 4 is 80.2 Å². The van der Waals surface area contributed by atoms with Gasteiger partial charge in [-0.3, -0.25) is 19.7 Å². The van der Waals surface area contributed by atoms with Crippen LogP contribution in [0.1, 0.15) is 43.1 Å². The van der Waals surface area contributed by atoms with Crippen molar-refractivity contribution < 1.29 is 14.5 Å². The van der Waals surface area contributed by atoms with Gasteiger partial charge < -0.3 is 0 Å². The molecule has 1 aliphatic heterocycles. The maximum Gasteiger partial charge on any atom is 0.270 e. The molecule has 0 fully saturated rings. The number of amides is 2. The summed E-state index contributed by atoms with van der Waals surface area (Å²) in [6.07, 6.45) is 1.97. The van der Waals surface area contributed by atoms with Crippen molar-refractivity contribution in [2.75, 3.05) is 4.90 Å². The highest BCUT2D eigenvalue weighted by Crippen LogP contribution is 2.50. The zero-order chi connectivity index (χ0) is 24.5. The van der Waals surface area contributed by atoms with Gasteiger partial charge >= 0.3 is 0 Å². The quantitative estimate of drug-likeness (QED) is 0.111. The normalized spacial score (nSPS) is 14.4. The Labute approximate surface area is 216 Å². The van der Waals surface area contributed by atoms with Gasteiger partial charge in [-0.15, -0.1) is 11.3 Å². The number of nitro benzene ring substituents is 1. The maximum absolute atomic E-state index is 13.4. The van der Waals surface area contributed by atoms with Gasteiger partial charge in [0, 0.05) is 22.6 Å². The van der Waals surface area contributed by atoms with Crippen LogP contribution in [-0.4, -0.2) is 16.7 Å². The van der Waals surface area contributed by atoms with E-state index < -0.39 is 16.7 Å². The lowest BCUT2D eigenvalue weighted by Gasteiger charge is -2.13. The van der Waals surface area contributed by atoms with Crippen LogP contribution < -0.4 is 4.90 Å². The molecule has 0 saturated carbocycles. The van der Waals surface area contributed by atoms with Crippen molar-refractivity contribution in [2.45, 2.75) is 19.3 Å². The second kappa shape index (κ2) is 8.22. The molecule has 0 unspecified atom stereocenters. The van der Waals surface area contributed by atoms with Gasteiger partial charge in [0.15, 0.2) is 0 Å². The topological polar surface area (TPSA) is 104 Å². The summed E-state index contributed by atoms with van der Waals surface area (Å²) in [4.78, 5) is 39.2. The molecule has 0 radical (unpaired) electrons.